The van der Waals surface area contributed by atoms with Crippen LogP contribution < -0.4 is 0 Å². The molecule has 1 N–H and O–H groups in total. The number of rotatable bonds is 8. The lowest BCUT2D eigenvalue weighted by molar-refractivity contribution is 0.133. The van der Waals surface area contributed by atoms with Gasteiger partial charge >= 0.3 is 0 Å². The van der Waals surface area contributed by atoms with Crippen molar-refractivity contribution in [2.75, 3.05) is 13.2 Å². The molecule has 18 heavy (non-hydrogen) atoms. The van der Waals surface area contributed by atoms with Crippen molar-refractivity contribution in [3.8, 4) is 0 Å². The molecule has 0 fully saturated rings. The van der Waals surface area contributed by atoms with Gasteiger partial charge in [-0.05, 0) is 26.7 Å². The van der Waals surface area contributed by atoms with Crippen molar-refractivity contribution in [2.24, 2.45) is 0 Å². The summed E-state index contributed by atoms with van der Waals surface area (Å²) in [6, 6.07) is 0.966. The van der Waals surface area contributed by atoms with Crippen molar-refractivity contribution in [1.82, 2.24) is 14.5 Å². The van der Waals surface area contributed by atoms with Gasteiger partial charge in [0.15, 0.2) is 0 Å². The Balaban J connectivity index is 2.79. The second kappa shape index (κ2) is 7.54. The highest BCUT2D eigenvalue weighted by Crippen LogP contribution is 2.15. The summed E-state index contributed by atoms with van der Waals surface area (Å²) in [5.74, 6) is 0. The number of aromatic nitrogens is 2. The molecule has 0 unspecified atom stereocenters. The molecule has 0 aromatic carbocycles. The van der Waals surface area contributed by atoms with Crippen molar-refractivity contribution in [3.63, 3.8) is 0 Å². The minimum atomic E-state index is 0.215. The van der Waals surface area contributed by atoms with E-state index in [0.29, 0.717) is 12.1 Å². The summed E-state index contributed by atoms with van der Waals surface area (Å²) >= 11 is 0. The van der Waals surface area contributed by atoms with Crippen LogP contribution in [-0.2, 0) is 6.54 Å². The Labute approximate surface area is 111 Å². The molecule has 0 spiro atoms. The lowest BCUT2D eigenvalue weighted by Crippen LogP contribution is -2.36. The number of aliphatic hydroxyl groups is 1. The van der Waals surface area contributed by atoms with E-state index in [2.05, 4.69) is 42.1 Å². The van der Waals surface area contributed by atoms with Gasteiger partial charge in [-0.3, -0.25) is 4.90 Å². The summed E-state index contributed by atoms with van der Waals surface area (Å²) in [6.45, 7) is 10.6. The fourth-order valence-corrected chi connectivity index (χ4v) is 2.45. The van der Waals surface area contributed by atoms with Crippen LogP contribution in [0.4, 0.5) is 0 Å². The second-order valence-corrected chi connectivity index (χ2v) is 5.05. The van der Waals surface area contributed by atoms with Gasteiger partial charge in [0.1, 0.15) is 0 Å². The molecule has 0 aliphatic heterocycles. The molecule has 1 heterocycles. The fourth-order valence-electron chi connectivity index (χ4n) is 2.45. The fraction of sp³-hybridized carbons (Fsp3) is 0.786. The predicted octanol–water partition coefficient (Wildman–Crippen LogP) is 2.45. The van der Waals surface area contributed by atoms with Crippen molar-refractivity contribution >= 4 is 0 Å². The molecule has 0 aliphatic rings. The Kier molecular flexibility index (Phi) is 6.36. The average Bonchev–Trinajstić information content (AvgIpc) is 2.79. The van der Waals surface area contributed by atoms with E-state index in [4.69, 9.17) is 0 Å². The maximum absolute atomic E-state index is 9.22. The molecule has 4 nitrogen and oxygen atoms in total. The maximum Gasteiger partial charge on any atom is 0.0951 e. The van der Waals surface area contributed by atoms with Gasteiger partial charge in [-0.1, -0.05) is 13.8 Å². The highest BCUT2D eigenvalue weighted by molar-refractivity contribution is 5.00. The van der Waals surface area contributed by atoms with Crippen molar-refractivity contribution in [1.29, 1.82) is 0 Å². The van der Waals surface area contributed by atoms with Gasteiger partial charge in [0, 0.05) is 31.4 Å². The zero-order valence-corrected chi connectivity index (χ0v) is 12.1. The molecular formula is C14H27N3O. The van der Waals surface area contributed by atoms with Crippen LogP contribution in [0.5, 0.6) is 0 Å². The van der Waals surface area contributed by atoms with Gasteiger partial charge in [-0.25, -0.2) is 4.98 Å². The normalized spacial score (nSPS) is 12.0. The van der Waals surface area contributed by atoms with E-state index in [1.165, 1.54) is 5.69 Å². The van der Waals surface area contributed by atoms with Gasteiger partial charge in [-0.15, -0.1) is 0 Å². The second-order valence-electron chi connectivity index (χ2n) is 5.05. The molecular weight excluding hydrogens is 226 g/mol. The number of imidazole rings is 1. The summed E-state index contributed by atoms with van der Waals surface area (Å²) in [6.07, 6.45) is 6.06. The molecule has 0 amide bonds. The van der Waals surface area contributed by atoms with E-state index in [1.54, 1.807) is 0 Å². The summed E-state index contributed by atoms with van der Waals surface area (Å²) in [7, 11) is 0. The van der Waals surface area contributed by atoms with Crippen LogP contribution in [0.15, 0.2) is 12.5 Å². The zero-order chi connectivity index (χ0) is 13.5. The zero-order valence-electron chi connectivity index (χ0n) is 12.1. The van der Waals surface area contributed by atoms with E-state index in [-0.39, 0.29) is 6.61 Å². The third kappa shape index (κ3) is 3.82. The van der Waals surface area contributed by atoms with Crippen LogP contribution in [0.2, 0.25) is 0 Å². The van der Waals surface area contributed by atoms with Gasteiger partial charge in [0.2, 0.25) is 0 Å². The Morgan fingerprint density at radius 2 is 2.00 bits per heavy atom. The maximum atomic E-state index is 9.22. The molecule has 0 atom stereocenters. The molecule has 0 radical (unpaired) electrons. The monoisotopic (exact) mass is 253 g/mol. The highest BCUT2D eigenvalue weighted by Gasteiger charge is 2.17. The average molecular weight is 253 g/mol. The third-order valence-corrected chi connectivity index (χ3v) is 3.51. The summed E-state index contributed by atoms with van der Waals surface area (Å²) < 4.78 is 2.20. The van der Waals surface area contributed by atoms with E-state index in [9.17, 15) is 5.11 Å². The van der Waals surface area contributed by atoms with E-state index >= 15 is 0 Å². The highest BCUT2D eigenvalue weighted by atomic mass is 16.3. The Morgan fingerprint density at radius 3 is 2.50 bits per heavy atom. The minimum Gasteiger partial charge on any atom is -0.395 e. The van der Waals surface area contributed by atoms with Crippen molar-refractivity contribution in [2.45, 2.75) is 59.2 Å². The molecule has 104 valence electrons. The van der Waals surface area contributed by atoms with Gasteiger partial charge in [0.25, 0.3) is 0 Å². The molecule has 0 bridgehead atoms. The van der Waals surface area contributed by atoms with E-state index in [1.807, 2.05) is 12.5 Å². The quantitative estimate of drug-likeness (QED) is 0.773. The van der Waals surface area contributed by atoms with Crippen molar-refractivity contribution in [3.05, 3.63) is 18.2 Å². The first-order chi connectivity index (χ1) is 8.63. The summed E-state index contributed by atoms with van der Waals surface area (Å²) in [5, 5.41) is 9.22. The van der Waals surface area contributed by atoms with Gasteiger partial charge in [-0.2, -0.15) is 0 Å². The molecule has 0 saturated heterocycles. The number of nitrogens with zero attached hydrogens (tertiary/aromatic N) is 3. The third-order valence-electron chi connectivity index (χ3n) is 3.51. The standard InChI is InChI=1S/C14H27N3O/c1-5-13(6-2)16(7-8-18)10-14-9-15-11-17(14)12(3)4/h9,11-13,18H,5-8,10H2,1-4H3. The molecule has 0 aliphatic carbocycles. The van der Waals surface area contributed by atoms with Crippen LogP contribution in [0.3, 0.4) is 0 Å². The topological polar surface area (TPSA) is 41.3 Å². The van der Waals surface area contributed by atoms with Gasteiger partial charge in [0.05, 0.1) is 18.6 Å². The number of hydrogen-bond donors (Lipinski definition) is 1. The SMILES string of the molecule is CCC(CC)N(CCO)Cc1cncn1C(C)C. The first-order valence-corrected chi connectivity index (χ1v) is 6.99. The first kappa shape index (κ1) is 15.2. The van der Waals surface area contributed by atoms with Crippen LogP contribution in [0.25, 0.3) is 0 Å². The lowest BCUT2D eigenvalue weighted by atomic mass is 10.1. The van der Waals surface area contributed by atoms with Crippen LogP contribution in [-0.4, -0.2) is 38.8 Å². The van der Waals surface area contributed by atoms with Crippen molar-refractivity contribution < 1.29 is 5.11 Å². The lowest BCUT2D eigenvalue weighted by Gasteiger charge is -2.30. The summed E-state index contributed by atoms with van der Waals surface area (Å²) in [4.78, 5) is 6.60. The minimum absolute atomic E-state index is 0.215. The first-order valence-electron chi connectivity index (χ1n) is 6.99. The molecule has 1 rings (SSSR count). The van der Waals surface area contributed by atoms with Crippen LogP contribution in [0.1, 0.15) is 52.3 Å². The Morgan fingerprint density at radius 1 is 1.33 bits per heavy atom. The van der Waals surface area contributed by atoms with E-state index in [0.717, 1.165) is 25.9 Å². The smallest absolute Gasteiger partial charge is 0.0951 e. The Hall–Kier alpha value is -0.870. The molecule has 1 aromatic heterocycles. The van der Waals surface area contributed by atoms with E-state index < -0.39 is 0 Å². The van der Waals surface area contributed by atoms with Crippen LogP contribution >= 0.6 is 0 Å². The van der Waals surface area contributed by atoms with Crippen LogP contribution in [0, 0.1) is 0 Å². The molecule has 4 heteroatoms. The molecule has 0 saturated carbocycles. The predicted molar refractivity (Wildman–Crippen MR) is 74.5 cm³/mol. The largest absolute Gasteiger partial charge is 0.395 e. The molecule has 1 aromatic rings. The number of aliphatic hydroxyl groups excluding tert-OH is 1. The van der Waals surface area contributed by atoms with Gasteiger partial charge < -0.3 is 9.67 Å². The summed E-state index contributed by atoms with van der Waals surface area (Å²) in [5.41, 5.74) is 1.23. The number of hydrogen-bond acceptors (Lipinski definition) is 3. The Bertz CT molecular complexity index is 332.